The zero-order chi connectivity index (χ0) is 13.0. The number of halogens is 1. The maximum Gasteiger partial charge on any atom is 0.123 e. The molecule has 1 N–H and O–H groups in total. The standard InChI is InChI=1S/C15H17FN2/c1-18(2)11-12-3-7-14(8-4-12)17-15-9-5-13(16)6-10-15/h3-10,17H,11H2,1-2H3. The van der Waals surface area contributed by atoms with Crippen molar-refractivity contribution in [2.45, 2.75) is 6.54 Å². The van der Waals surface area contributed by atoms with E-state index in [4.69, 9.17) is 0 Å². The largest absolute Gasteiger partial charge is 0.356 e. The van der Waals surface area contributed by atoms with Gasteiger partial charge in [0.15, 0.2) is 0 Å². The molecule has 0 unspecified atom stereocenters. The smallest absolute Gasteiger partial charge is 0.123 e. The molecular weight excluding hydrogens is 227 g/mol. The van der Waals surface area contributed by atoms with Crippen LogP contribution < -0.4 is 5.32 Å². The Morgan fingerprint density at radius 2 is 1.39 bits per heavy atom. The minimum Gasteiger partial charge on any atom is -0.356 e. The Hall–Kier alpha value is -1.87. The van der Waals surface area contributed by atoms with E-state index in [-0.39, 0.29) is 5.82 Å². The van der Waals surface area contributed by atoms with Crippen LogP contribution in [-0.4, -0.2) is 19.0 Å². The molecule has 2 aromatic carbocycles. The Morgan fingerprint density at radius 1 is 0.889 bits per heavy atom. The molecule has 0 saturated carbocycles. The van der Waals surface area contributed by atoms with Gasteiger partial charge in [-0.2, -0.15) is 0 Å². The van der Waals surface area contributed by atoms with Crippen LogP contribution in [0.1, 0.15) is 5.56 Å². The van der Waals surface area contributed by atoms with E-state index in [2.05, 4.69) is 22.3 Å². The summed E-state index contributed by atoms with van der Waals surface area (Å²) in [7, 11) is 4.09. The lowest BCUT2D eigenvalue weighted by molar-refractivity contribution is 0.402. The number of rotatable bonds is 4. The van der Waals surface area contributed by atoms with Crippen LogP contribution in [0.15, 0.2) is 48.5 Å². The second-order valence-corrected chi connectivity index (χ2v) is 4.57. The lowest BCUT2D eigenvalue weighted by atomic mass is 10.2. The minimum absolute atomic E-state index is 0.220. The van der Waals surface area contributed by atoms with Gasteiger partial charge in [-0.1, -0.05) is 12.1 Å². The summed E-state index contributed by atoms with van der Waals surface area (Å²) in [6, 6.07) is 14.6. The molecule has 3 heteroatoms. The first-order valence-corrected chi connectivity index (χ1v) is 5.90. The molecular formula is C15H17FN2. The maximum atomic E-state index is 12.8. The predicted octanol–water partition coefficient (Wildman–Crippen LogP) is 3.63. The van der Waals surface area contributed by atoms with E-state index in [0.29, 0.717) is 0 Å². The Balaban J connectivity index is 2.04. The molecule has 94 valence electrons. The maximum absolute atomic E-state index is 12.8. The van der Waals surface area contributed by atoms with Crippen molar-refractivity contribution < 1.29 is 4.39 Å². The number of nitrogens with one attached hydrogen (secondary N) is 1. The quantitative estimate of drug-likeness (QED) is 0.883. The van der Waals surface area contributed by atoms with Crippen LogP contribution in [0, 0.1) is 5.82 Å². The Labute approximate surface area is 107 Å². The molecule has 0 bridgehead atoms. The van der Waals surface area contributed by atoms with Gasteiger partial charge in [0.25, 0.3) is 0 Å². The van der Waals surface area contributed by atoms with E-state index in [1.807, 2.05) is 26.2 Å². The van der Waals surface area contributed by atoms with Gasteiger partial charge in [0.05, 0.1) is 0 Å². The van der Waals surface area contributed by atoms with Gasteiger partial charge in [-0.3, -0.25) is 0 Å². The third-order valence-electron chi connectivity index (χ3n) is 2.59. The summed E-state index contributed by atoms with van der Waals surface area (Å²) in [5.41, 5.74) is 3.16. The molecule has 2 nitrogen and oxygen atoms in total. The number of nitrogens with zero attached hydrogens (tertiary/aromatic N) is 1. The number of hydrogen-bond acceptors (Lipinski definition) is 2. The van der Waals surface area contributed by atoms with E-state index in [0.717, 1.165) is 17.9 Å². The first-order valence-electron chi connectivity index (χ1n) is 5.90. The molecule has 0 spiro atoms. The van der Waals surface area contributed by atoms with Crippen molar-refractivity contribution in [3.05, 3.63) is 59.9 Å². The van der Waals surface area contributed by atoms with Gasteiger partial charge in [-0.25, -0.2) is 4.39 Å². The average Bonchev–Trinajstić information content (AvgIpc) is 2.34. The lowest BCUT2D eigenvalue weighted by Gasteiger charge is -2.11. The Morgan fingerprint density at radius 3 is 1.89 bits per heavy atom. The summed E-state index contributed by atoms with van der Waals surface area (Å²) in [5.74, 6) is -0.220. The zero-order valence-corrected chi connectivity index (χ0v) is 10.7. The van der Waals surface area contributed by atoms with E-state index in [1.165, 1.54) is 17.7 Å². The van der Waals surface area contributed by atoms with Crippen LogP contribution >= 0.6 is 0 Å². The van der Waals surface area contributed by atoms with Crippen LogP contribution in [0.2, 0.25) is 0 Å². The van der Waals surface area contributed by atoms with Crippen molar-refractivity contribution in [2.24, 2.45) is 0 Å². The van der Waals surface area contributed by atoms with Crippen LogP contribution in [0.3, 0.4) is 0 Å². The van der Waals surface area contributed by atoms with E-state index in [1.54, 1.807) is 12.1 Å². The number of anilines is 2. The average molecular weight is 244 g/mol. The number of benzene rings is 2. The molecule has 18 heavy (non-hydrogen) atoms. The molecule has 0 radical (unpaired) electrons. The molecule has 0 aromatic heterocycles. The first kappa shape index (κ1) is 12.6. The molecule has 2 rings (SSSR count). The minimum atomic E-state index is -0.220. The number of hydrogen-bond donors (Lipinski definition) is 1. The van der Waals surface area contributed by atoms with Gasteiger partial charge in [-0.15, -0.1) is 0 Å². The Kier molecular flexibility index (Phi) is 3.95. The first-order chi connectivity index (χ1) is 8.63. The van der Waals surface area contributed by atoms with Crippen LogP contribution in [-0.2, 0) is 6.54 Å². The lowest BCUT2D eigenvalue weighted by Crippen LogP contribution is -2.10. The normalized spacial score (nSPS) is 10.7. The summed E-state index contributed by atoms with van der Waals surface area (Å²) < 4.78 is 12.8. The predicted molar refractivity (Wildman–Crippen MR) is 73.5 cm³/mol. The van der Waals surface area contributed by atoms with Crippen molar-refractivity contribution in [1.82, 2.24) is 4.90 Å². The van der Waals surface area contributed by atoms with Crippen molar-refractivity contribution in [1.29, 1.82) is 0 Å². The fourth-order valence-corrected chi connectivity index (χ4v) is 1.76. The van der Waals surface area contributed by atoms with Gasteiger partial charge in [0.2, 0.25) is 0 Å². The van der Waals surface area contributed by atoms with Crippen molar-refractivity contribution in [3.8, 4) is 0 Å². The second-order valence-electron chi connectivity index (χ2n) is 4.57. The summed E-state index contributed by atoms with van der Waals surface area (Å²) in [6.07, 6.45) is 0. The summed E-state index contributed by atoms with van der Waals surface area (Å²) in [4.78, 5) is 2.13. The van der Waals surface area contributed by atoms with E-state index in [9.17, 15) is 4.39 Å². The van der Waals surface area contributed by atoms with Crippen molar-refractivity contribution >= 4 is 11.4 Å². The second kappa shape index (κ2) is 5.65. The topological polar surface area (TPSA) is 15.3 Å². The molecule has 0 aliphatic rings. The SMILES string of the molecule is CN(C)Cc1ccc(Nc2ccc(F)cc2)cc1. The highest BCUT2D eigenvalue weighted by Crippen LogP contribution is 2.17. The Bertz CT molecular complexity index is 489. The third kappa shape index (κ3) is 3.57. The van der Waals surface area contributed by atoms with Crippen molar-refractivity contribution in [2.75, 3.05) is 19.4 Å². The molecule has 0 aliphatic heterocycles. The van der Waals surface area contributed by atoms with Crippen molar-refractivity contribution in [3.63, 3.8) is 0 Å². The molecule has 0 amide bonds. The highest BCUT2D eigenvalue weighted by atomic mass is 19.1. The summed E-state index contributed by atoms with van der Waals surface area (Å²) in [6.45, 7) is 0.927. The summed E-state index contributed by atoms with van der Waals surface area (Å²) >= 11 is 0. The highest BCUT2D eigenvalue weighted by Gasteiger charge is 1.97. The van der Waals surface area contributed by atoms with E-state index < -0.39 is 0 Å². The molecule has 2 aromatic rings. The van der Waals surface area contributed by atoms with Gasteiger partial charge in [0, 0.05) is 17.9 Å². The molecule has 0 fully saturated rings. The van der Waals surface area contributed by atoms with Gasteiger partial charge < -0.3 is 10.2 Å². The molecule has 0 heterocycles. The van der Waals surface area contributed by atoms with E-state index >= 15 is 0 Å². The fraction of sp³-hybridized carbons (Fsp3) is 0.200. The third-order valence-corrected chi connectivity index (χ3v) is 2.59. The van der Waals surface area contributed by atoms with Crippen LogP contribution in [0.5, 0.6) is 0 Å². The molecule has 0 saturated heterocycles. The zero-order valence-electron chi connectivity index (χ0n) is 10.7. The molecule has 0 atom stereocenters. The van der Waals surface area contributed by atoms with Crippen LogP contribution in [0.4, 0.5) is 15.8 Å². The van der Waals surface area contributed by atoms with Gasteiger partial charge in [-0.05, 0) is 56.1 Å². The molecule has 0 aliphatic carbocycles. The monoisotopic (exact) mass is 244 g/mol. The van der Waals surface area contributed by atoms with Gasteiger partial charge in [0.1, 0.15) is 5.82 Å². The van der Waals surface area contributed by atoms with Gasteiger partial charge >= 0.3 is 0 Å². The fourth-order valence-electron chi connectivity index (χ4n) is 1.76. The summed E-state index contributed by atoms with van der Waals surface area (Å²) in [5, 5.41) is 3.23. The van der Waals surface area contributed by atoms with Crippen LogP contribution in [0.25, 0.3) is 0 Å². The highest BCUT2D eigenvalue weighted by molar-refractivity contribution is 5.59.